The van der Waals surface area contributed by atoms with E-state index in [1.807, 2.05) is 26.8 Å². The maximum atomic E-state index is 10.2. The molecular weight excluding hydrogens is 216 g/mol. The Kier molecular flexibility index (Phi) is 2.93. The summed E-state index contributed by atoms with van der Waals surface area (Å²) >= 11 is 0. The molecule has 1 atom stereocenters. The van der Waals surface area contributed by atoms with Crippen molar-refractivity contribution < 1.29 is 10.3 Å². The van der Waals surface area contributed by atoms with E-state index in [1.54, 1.807) is 18.2 Å². The monoisotopic (exact) mass is 234 g/mol. The van der Waals surface area contributed by atoms with Gasteiger partial charge in [0.15, 0.2) is 6.17 Å². The number of nitrogens with zero attached hydrogens (tertiary/aromatic N) is 2. The van der Waals surface area contributed by atoms with Gasteiger partial charge < -0.3 is 10.3 Å². The highest BCUT2D eigenvalue weighted by molar-refractivity contribution is 5.94. The molecule has 0 aromatic heterocycles. The van der Waals surface area contributed by atoms with Crippen molar-refractivity contribution in [2.75, 3.05) is 0 Å². The lowest BCUT2D eigenvalue weighted by Crippen LogP contribution is -2.43. The Bertz CT molecular complexity index is 454. The van der Waals surface area contributed by atoms with Gasteiger partial charge in [0.1, 0.15) is 5.75 Å². The van der Waals surface area contributed by atoms with Crippen LogP contribution >= 0.6 is 0 Å². The molecule has 92 valence electrons. The number of phenols is 1. The maximum absolute atomic E-state index is 10.2. The Labute approximate surface area is 101 Å². The molecule has 1 unspecified atom stereocenters. The van der Waals surface area contributed by atoms with E-state index in [0.29, 0.717) is 5.56 Å². The SMILES string of the molecule is CCC1=NC(c2ccccc2O)N(O)C1(C)C. The number of aliphatic imine (C=N–C) groups is 1. The first-order chi connectivity index (χ1) is 7.98. The van der Waals surface area contributed by atoms with E-state index < -0.39 is 11.7 Å². The Balaban J connectivity index is 2.43. The minimum atomic E-state index is -0.513. The van der Waals surface area contributed by atoms with Gasteiger partial charge in [-0.15, -0.1) is 0 Å². The summed E-state index contributed by atoms with van der Waals surface area (Å²) in [6.07, 6.45) is 0.273. The van der Waals surface area contributed by atoms with E-state index in [-0.39, 0.29) is 5.75 Å². The van der Waals surface area contributed by atoms with Crippen molar-refractivity contribution in [1.29, 1.82) is 0 Å². The van der Waals surface area contributed by atoms with Crippen molar-refractivity contribution in [2.45, 2.75) is 38.9 Å². The lowest BCUT2D eigenvalue weighted by molar-refractivity contribution is -0.160. The molecule has 0 radical (unpaired) electrons. The zero-order chi connectivity index (χ0) is 12.6. The number of para-hydroxylation sites is 1. The number of hydrogen-bond donors (Lipinski definition) is 2. The fourth-order valence-electron chi connectivity index (χ4n) is 2.23. The molecule has 0 spiro atoms. The predicted octanol–water partition coefficient (Wildman–Crippen LogP) is 2.73. The van der Waals surface area contributed by atoms with E-state index in [2.05, 4.69) is 4.99 Å². The van der Waals surface area contributed by atoms with Crippen LogP contribution in [0.3, 0.4) is 0 Å². The van der Waals surface area contributed by atoms with Gasteiger partial charge in [0.25, 0.3) is 0 Å². The minimum absolute atomic E-state index is 0.161. The first-order valence-corrected chi connectivity index (χ1v) is 5.81. The molecule has 4 heteroatoms. The number of phenolic OH excluding ortho intramolecular Hbond substituents is 1. The molecule has 17 heavy (non-hydrogen) atoms. The second-order valence-corrected chi connectivity index (χ2v) is 4.77. The largest absolute Gasteiger partial charge is 0.508 e. The second-order valence-electron chi connectivity index (χ2n) is 4.77. The van der Waals surface area contributed by atoms with Crippen LogP contribution in [0.25, 0.3) is 0 Å². The van der Waals surface area contributed by atoms with E-state index in [9.17, 15) is 10.3 Å². The van der Waals surface area contributed by atoms with Gasteiger partial charge in [0.05, 0.1) is 5.54 Å². The number of aromatic hydroxyl groups is 1. The number of hydrogen-bond acceptors (Lipinski definition) is 4. The Morgan fingerprint density at radius 3 is 2.53 bits per heavy atom. The van der Waals surface area contributed by atoms with Crippen molar-refractivity contribution in [3.05, 3.63) is 29.8 Å². The van der Waals surface area contributed by atoms with E-state index in [4.69, 9.17) is 0 Å². The average molecular weight is 234 g/mol. The van der Waals surface area contributed by atoms with Gasteiger partial charge in [0.2, 0.25) is 0 Å². The molecule has 0 aliphatic carbocycles. The van der Waals surface area contributed by atoms with Gasteiger partial charge in [-0.1, -0.05) is 25.1 Å². The maximum Gasteiger partial charge on any atom is 0.154 e. The molecule has 1 aliphatic heterocycles. The fraction of sp³-hybridized carbons (Fsp3) is 0.462. The van der Waals surface area contributed by atoms with Crippen molar-refractivity contribution in [3.63, 3.8) is 0 Å². The summed E-state index contributed by atoms with van der Waals surface area (Å²) in [7, 11) is 0. The highest BCUT2D eigenvalue weighted by atomic mass is 16.5. The van der Waals surface area contributed by atoms with Crippen molar-refractivity contribution in [3.8, 4) is 5.75 Å². The van der Waals surface area contributed by atoms with E-state index >= 15 is 0 Å². The topological polar surface area (TPSA) is 56.1 Å². The number of hydroxylamine groups is 2. The van der Waals surface area contributed by atoms with E-state index in [0.717, 1.165) is 12.1 Å². The lowest BCUT2D eigenvalue weighted by Gasteiger charge is -2.30. The molecule has 2 N–H and O–H groups in total. The molecule has 0 saturated carbocycles. The molecule has 0 amide bonds. The predicted molar refractivity (Wildman–Crippen MR) is 66.3 cm³/mol. The lowest BCUT2D eigenvalue weighted by atomic mass is 9.97. The van der Waals surface area contributed by atoms with Crippen LogP contribution in [0.1, 0.15) is 38.9 Å². The molecule has 2 rings (SSSR count). The van der Waals surface area contributed by atoms with Crippen LogP contribution in [0.15, 0.2) is 29.3 Å². The van der Waals surface area contributed by atoms with Gasteiger partial charge in [-0.2, -0.15) is 5.06 Å². The van der Waals surface area contributed by atoms with Gasteiger partial charge in [-0.3, -0.25) is 4.99 Å². The van der Waals surface area contributed by atoms with Gasteiger partial charge >= 0.3 is 0 Å². The molecule has 0 fully saturated rings. The third kappa shape index (κ3) is 1.83. The van der Waals surface area contributed by atoms with E-state index in [1.165, 1.54) is 5.06 Å². The molecule has 0 bridgehead atoms. The summed E-state index contributed by atoms with van der Waals surface area (Å²) in [5.41, 5.74) is 1.08. The third-order valence-corrected chi connectivity index (χ3v) is 3.34. The summed E-state index contributed by atoms with van der Waals surface area (Å²) in [4.78, 5) is 4.50. The van der Waals surface area contributed by atoms with Crippen LogP contribution in [0.2, 0.25) is 0 Å². The van der Waals surface area contributed by atoms with Gasteiger partial charge in [0, 0.05) is 11.3 Å². The molecule has 4 nitrogen and oxygen atoms in total. The zero-order valence-electron chi connectivity index (χ0n) is 10.4. The molecule has 0 saturated heterocycles. The van der Waals surface area contributed by atoms with Crippen molar-refractivity contribution in [1.82, 2.24) is 5.06 Å². The van der Waals surface area contributed by atoms with Crippen LogP contribution in [-0.2, 0) is 0 Å². The van der Waals surface area contributed by atoms with Gasteiger partial charge in [-0.25, -0.2) is 0 Å². The first-order valence-electron chi connectivity index (χ1n) is 5.81. The summed E-state index contributed by atoms with van der Waals surface area (Å²) in [6, 6.07) is 6.97. The quantitative estimate of drug-likeness (QED) is 0.827. The van der Waals surface area contributed by atoms with Crippen LogP contribution in [0.4, 0.5) is 0 Å². The standard InChI is InChI=1S/C13H18N2O2/c1-4-11-13(2,3)15(17)12(14-11)9-7-5-6-8-10(9)16/h5-8,12,16-17H,4H2,1-3H3. The van der Waals surface area contributed by atoms with Crippen LogP contribution < -0.4 is 0 Å². The van der Waals surface area contributed by atoms with Crippen molar-refractivity contribution >= 4 is 5.71 Å². The second kappa shape index (κ2) is 4.13. The Hall–Kier alpha value is -1.39. The number of benzene rings is 1. The van der Waals surface area contributed by atoms with Crippen LogP contribution in [0.5, 0.6) is 5.75 Å². The highest BCUT2D eigenvalue weighted by Crippen LogP contribution is 2.39. The highest BCUT2D eigenvalue weighted by Gasteiger charge is 2.42. The first kappa shape index (κ1) is 12.1. The molecular formula is C13H18N2O2. The molecule has 1 aromatic carbocycles. The average Bonchev–Trinajstić information content (AvgIpc) is 2.52. The Morgan fingerprint density at radius 1 is 1.35 bits per heavy atom. The third-order valence-electron chi connectivity index (χ3n) is 3.34. The summed E-state index contributed by atoms with van der Waals surface area (Å²) in [5.74, 6) is 0.161. The molecule has 1 aromatic rings. The fourth-order valence-corrected chi connectivity index (χ4v) is 2.23. The van der Waals surface area contributed by atoms with Crippen molar-refractivity contribution in [2.24, 2.45) is 4.99 Å². The van der Waals surface area contributed by atoms with Crippen LogP contribution in [-0.4, -0.2) is 26.6 Å². The summed E-state index contributed by atoms with van der Waals surface area (Å²) in [6.45, 7) is 5.87. The van der Waals surface area contributed by atoms with Crippen LogP contribution in [0, 0.1) is 0 Å². The zero-order valence-corrected chi connectivity index (χ0v) is 10.4. The normalized spacial score (nSPS) is 23.8. The Morgan fingerprint density at radius 2 is 2.00 bits per heavy atom. The van der Waals surface area contributed by atoms with Gasteiger partial charge in [-0.05, 0) is 26.3 Å². The minimum Gasteiger partial charge on any atom is -0.508 e. The number of rotatable bonds is 2. The summed E-state index contributed by atoms with van der Waals surface area (Å²) in [5, 5.41) is 21.2. The summed E-state index contributed by atoms with van der Waals surface area (Å²) < 4.78 is 0. The molecule has 1 aliphatic rings. The smallest absolute Gasteiger partial charge is 0.154 e. The molecule has 1 heterocycles.